The molecule has 0 aliphatic rings. The average molecular weight is 317 g/mol. The maximum absolute atomic E-state index is 11.9. The molecule has 0 aliphatic carbocycles. The van der Waals surface area contributed by atoms with Crippen molar-refractivity contribution >= 4 is 29.2 Å². The van der Waals surface area contributed by atoms with E-state index < -0.39 is 0 Å². The molecule has 0 radical (unpaired) electrons. The first-order valence-electron chi connectivity index (χ1n) is 6.81. The lowest BCUT2D eigenvalue weighted by Crippen LogP contribution is -2.14. The lowest BCUT2D eigenvalue weighted by Gasteiger charge is -2.01. The van der Waals surface area contributed by atoms with Crippen LogP contribution in [0.15, 0.2) is 40.2 Å². The smallest absolute Gasteiger partial charge is 0.322 e. The van der Waals surface area contributed by atoms with Gasteiger partial charge in [0.05, 0.1) is 17.5 Å². The highest BCUT2D eigenvalue weighted by Gasteiger charge is 2.13. The number of nitrogens with one attached hydrogen (secondary N) is 1. The number of aromatic nitrogens is 4. The standard InChI is InChI=1S/C14H15N5O2S/c1-9(2)12-17-18-13(21-12)16-11(20)8-22-14-15-7-10-5-3-4-6-19(10)14/h3-7,9H,8H2,1-2H3,(H,16,18,20). The van der Waals surface area contributed by atoms with Crippen LogP contribution in [-0.4, -0.2) is 31.2 Å². The van der Waals surface area contributed by atoms with Gasteiger partial charge in [0.1, 0.15) is 0 Å². The van der Waals surface area contributed by atoms with Gasteiger partial charge in [-0.2, -0.15) is 0 Å². The first kappa shape index (κ1) is 14.6. The minimum Gasteiger partial charge on any atom is -0.408 e. The number of fused-ring (bicyclic) bond motifs is 1. The molecule has 3 heterocycles. The fraction of sp³-hybridized carbons (Fsp3) is 0.286. The van der Waals surface area contributed by atoms with Crippen LogP contribution in [0, 0.1) is 0 Å². The Balaban J connectivity index is 1.60. The van der Waals surface area contributed by atoms with Crippen molar-refractivity contribution in [2.45, 2.75) is 24.9 Å². The van der Waals surface area contributed by atoms with E-state index in [9.17, 15) is 4.79 Å². The predicted molar refractivity (Wildman–Crippen MR) is 82.9 cm³/mol. The van der Waals surface area contributed by atoms with Gasteiger partial charge in [0, 0.05) is 12.1 Å². The number of amides is 1. The molecule has 0 atom stereocenters. The summed E-state index contributed by atoms with van der Waals surface area (Å²) in [7, 11) is 0. The molecule has 7 nitrogen and oxygen atoms in total. The highest BCUT2D eigenvalue weighted by molar-refractivity contribution is 7.99. The summed E-state index contributed by atoms with van der Waals surface area (Å²) in [6.07, 6.45) is 3.68. The first-order chi connectivity index (χ1) is 10.6. The average Bonchev–Trinajstić information content (AvgIpc) is 3.12. The fourth-order valence-electron chi connectivity index (χ4n) is 1.83. The molecule has 3 aromatic rings. The number of carbonyl (C=O) groups is 1. The second-order valence-electron chi connectivity index (χ2n) is 4.97. The second-order valence-corrected chi connectivity index (χ2v) is 5.92. The quantitative estimate of drug-likeness (QED) is 0.728. The van der Waals surface area contributed by atoms with Crippen LogP contribution in [0.3, 0.4) is 0 Å². The Morgan fingerprint density at radius 2 is 2.27 bits per heavy atom. The lowest BCUT2D eigenvalue weighted by molar-refractivity contribution is -0.113. The number of pyridine rings is 1. The number of hydrogen-bond acceptors (Lipinski definition) is 6. The molecule has 0 aromatic carbocycles. The molecular weight excluding hydrogens is 302 g/mol. The lowest BCUT2D eigenvalue weighted by atomic mass is 10.2. The van der Waals surface area contributed by atoms with Gasteiger partial charge in [0.15, 0.2) is 5.16 Å². The molecule has 0 fully saturated rings. The summed E-state index contributed by atoms with van der Waals surface area (Å²) < 4.78 is 7.27. The summed E-state index contributed by atoms with van der Waals surface area (Å²) in [5, 5.41) is 11.0. The first-order valence-corrected chi connectivity index (χ1v) is 7.80. The third kappa shape index (κ3) is 3.11. The maximum atomic E-state index is 11.9. The topological polar surface area (TPSA) is 85.3 Å². The van der Waals surface area contributed by atoms with Crippen LogP contribution in [0.2, 0.25) is 0 Å². The summed E-state index contributed by atoms with van der Waals surface area (Å²) >= 11 is 1.35. The molecular formula is C14H15N5O2S. The van der Waals surface area contributed by atoms with Gasteiger partial charge in [0.25, 0.3) is 0 Å². The number of imidazole rings is 1. The van der Waals surface area contributed by atoms with Crippen LogP contribution in [-0.2, 0) is 4.79 Å². The van der Waals surface area contributed by atoms with Crippen LogP contribution >= 0.6 is 11.8 Å². The minimum absolute atomic E-state index is 0.127. The molecule has 1 N–H and O–H groups in total. The van der Waals surface area contributed by atoms with E-state index in [1.165, 1.54) is 11.8 Å². The van der Waals surface area contributed by atoms with E-state index in [-0.39, 0.29) is 23.6 Å². The molecule has 8 heteroatoms. The van der Waals surface area contributed by atoms with Gasteiger partial charge in [-0.3, -0.25) is 14.5 Å². The predicted octanol–water partition coefficient (Wildman–Crippen LogP) is 2.57. The van der Waals surface area contributed by atoms with Crippen molar-refractivity contribution in [3.8, 4) is 0 Å². The van der Waals surface area contributed by atoms with Gasteiger partial charge in [-0.25, -0.2) is 4.98 Å². The van der Waals surface area contributed by atoms with Crippen LogP contribution in [0.1, 0.15) is 25.7 Å². The van der Waals surface area contributed by atoms with Crippen molar-refractivity contribution in [2.75, 3.05) is 11.1 Å². The highest BCUT2D eigenvalue weighted by Crippen LogP contribution is 2.19. The monoisotopic (exact) mass is 317 g/mol. The normalized spacial score (nSPS) is 11.2. The number of rotatable bonds is 5. The molecule has 0 aliphatic heterocycles. The molecule has 0 saturated carbocycles. The van der Waals surface area contributed by atoms with Gasteiger partial charge in [-0.15, -0.1) is 5.10 Å². The molecule has 0 saturated heterocycles. The second kappa shape index (κ2) is 6.18. The molecule has 22 heavy (non-hydrogen) atoms. The Morgan fingerprint density at radius 3 is 3.05 bits per heavy atom. The van der Waals surface area contributed by atoms with E-state index in [0.717, 1.165) is 10.7 Å². The molecule has 0 spiro atoms. The van der Waals surface area contributed by atoms with E-state index >= 15 is 0 Å². The largest absolute Gasteiger partial charge is 0.408 e. The molecule has 1 amide bonds. The van der Waals surface area contributed by atoms with Crippen LogP contribution in [0.4, 0.5) is 6.01 Å². The van der Waals surface area contributed by atoms with Crippen LogP contribution in [0.5, 0.6) is 0 Å². The zero-order chi connectivity index (χ0) is 15.5. The van der Waals surface area contributed by atoms with Gasteiger partial charge < -0.3 is 4.42 Å². The van der Waals surface area contributed by atoms with Gasteiger partial charge in [-0.1, -0.05) is 36.8 Å². The molecule has 3 aromatic heterocycles. The number of carbonyl (C=O) groups excluding carboxylic acids is 1. The Bertz CT molecular complexity index is 795. The van der Waals surface area contributed by atoms with Gasteiger partial charge in [-0.05, 0) is 12.1 Å². The Kier molecular flexibility index (Phi) is 4.10. The molecule has 0 unspecified atom stereocenters. The molecule has 3 rings (SSSR count). The van der Waals surface area contributed by atoms with Crippen molar-refractivity contribution in [1.29, 1.82) is 0 Å². The maximum Gasteiger partial charge on any atom is 0.322 e. The van der Waals surface area contributed by atoms with E-state index in [2.05, 4.69) is 20.5 Å². The summed E-state index contributed by atoms with van der Waals surface area (Å²) in [6.45, 7) is 3.89. The highest BCUT2D eigenvalue weighted by atomic mass is 32.2. The van der Waals surface area contributed by atoms with Crippen LogP contribution in [0.25, 0.3) is 5.52 Å². The van der Waals surface area contributed by atoms with Crippen molar-refractivity contribution in [3.63, 3.8) is 0 Å². The van der Waals surface area contributed by atoms with Crippen molar-refractivity contribution in [1.82, 2.24) is 19.6 Å². The summed E-state index contributed by atoms with van der Waals surface area (Å²) in [5.41, 5.74) is 0.990. The van der Waals surface area contributed by atoms with E-state index in [4.69, 9.17) is 4.42 Å². The van der Waals surface area contributed by atoms with E-state index in [0.29, 0.717) is 5.89 Å². The summed E-state index contributed by atoms with van der Waals surface area (Å²) in [6, 6.07) is 5.95. The SMILES string of the molecule is CC(C)c1nnc(NC(=O)CSc2ncc3ccccn23)o1. The number of nitrogens with zero attached hydrogens (tertiary/aromatic N) is 4. The fourth-order valence-corrected chi connectivity index (χ4v) is 2.59. The molecule has 114 valence electrons. The van der Waals surface area contributed by atoms with Gasteiger partial charge in [0.2, 0.25) is 11.8 Å². The third-order valence-corrected chi connectivity index (χ3v) is 3.88. The summed E-state index contributed by atoms with van der Waals surface area (Å²) in [4.78, 5) is 16.2. The third-order valence-electron chi connectivity index (χ3n) is 2.92. The summed E-state index contributed by atoms with van der Waals surface area (Å²) in [5.74, 6) is 0.635. The van der Waals surface area contributed by atoms with Crippen LogP contribution < -0.4 is 5.32 Å². The van der Waals surface area contributed by atoms with Gasteiger partial charge >= 0.3 is 6.01 Å². The van der Waals surface area contributed by atoms with Crippen molar-refractivity contribution < 1.29 is 9.21 Å². The Hall–Kier alpha value is -2.35. The number of thioether (sulfide) groups is 1. The number of anilines is 1. The zero-order valence-corrected chi connectivity index (χ0v) is 13.0. The number of hydrogen-bond donors (Lipinski definition) is 1. The van der Waals surface area contributed by atoms with E-state index in [1.807, 2.05) is 42.6 Å². The molecule has 0 bridgehead atoms. The zero-order valence-electron chi connectivity index (χ0n) is 12.2. The Labute approximate surface area is 131 Å². The van der Waals surface area contributed by atoms with Crippen molar-refractivity contribution in [2.24, 2.45) is 0 Å². The van der Waals surface area contributed by atoms with E-state index in [1.54, 1.807) is 6.20 Å². The van der Waals surface area contributed by atoms with Crippen molar-refractivity contribution in [3.05, 3.63) is 36.5 Å². The Morgan fingerprint density at radius 1 is 1.41 bits per heavy atom. The minimum atomic E-state index is -0.211.